The summed E-state index contributed by atoms with van der Waals surface area (Å²) in [5.41, 5.74) is 3.36. The Bertz CT molecular complexity index is 1190. The first-order chi connectivity index (χ1) is 13.3. The molecule has 1 heterocycles. The SMILES string of the molecule is Cc1ccc(S(=O)(=O)Nc2ccc3c(c2)CCN(C(=O)O)C3)c2ccccc12. The number of nitrogens with zero attached hydrogens (tertiary/aromatic N) is 1. The minimum atomic E-state index is -3.76. The van der Waals surface area contributed by atoms with Gasteiger partial charge in [-0.15, -0.1) is 0 Å². The standard InChI is InChI=1S/C21H20N2O4S/c1-14-6-9-20(19-5-3-2-4-18(14)19)28(26,27)22-17-8-7-16-13-23(21(24)25)11-10-15(16)12-17/h2-9,12,22H,10-11,13H2,1H3,(H,24,25). The number of hydrogen-bond acceptors (Lipinski definition) is 3. The quantitative estimate of drug-likeness (QED) is 0.701. The molecule has 0 unspecified atom stereocenters. The molecule has 2 N–H and O–H groups in total. The molecule has 0 saturated carbocycles. The Kier molecular flexibility index (Phi) is 4.47. The van der Waals surface area contributed by atoms with E-state index in [2.05, 4.69) is 4.72 Å². The maximum absolute atomic E-state index is 13.0. The molecule has 0 bridgehead atoms. The topological polar surface area (TPSA) is 86.7 Å². The Morgan fingerprint density at radius 3 is 2.54 bits per heavy atom. The maximum atomic E-state index is 13.0. The van der Waals surface area contributed by atoms with Crippen LogP contribution >= 0.6 is 0 Å². The summed E-state index contributed by atoms with van der Waals surface area (Å²) in [6.07, 6.45) is -0.383. The molecule has 0 aromatic heterocycles. The molecule has 7 heteroatoms. The van der Waals surface area contributed by atoms with Gasteiger partial charge in [-0.1, -0.05) is 36.4 Å². The number of hydrogen-bond donors (Lipinski definition) is 2. The smallest absolute Gasteiger partial charge is 0.407 e. The third-order valence-corrected chi connectivity index (χ3v) is 6.57. The van der Waals surface area contributed by atoms with Gasteiger partial charge in [0.05, 0.1) is 4.90 Å². The normalized spacial score (nSPS) is 14.0. The van der Waals surface area contributed by atoms with Gasteiger partial charge in [0.2, 0.25) is 0 Å². The summed E-state index contributed by atoms with van der Waals surface area (Å²) in [5, 5.41) is 10.7. The highest BCUT2D eigenvalue weighted by Gasteiger charge is 2.22. The molecule has 0 spiro atoms. The fourth-order valence-corrected chi connectivity index (χ4v) is 4.91. The van der Waals surface area contributed by atoms with E-state index in [4.69, 9.17) is 5.11 Å². The van der Waals surface area contributed by atoms with E-state index in [-0.39, 0.29) is 4.90 Å². The van der Waals surface area contributed by atoms with E-state index in [0.29, 0.717) is 30.6 Å². The second-order valence-corrected chi connectivity index (χ2v) is 8.62. The Hall–Kier alpha value is -3.06. The number of nitrogens with one attached hydrogen (secondary N) is 1. The number of aryl methyl sites for hydroxylation is 1. The van der Waals surface area contributed by atoms with Crippen molar-refractivity contribution in [1.82, 2.24) is 4.90 Å². The van der Waals surface area contributed by atoms with Gasteiger partial charge in [0, 0.05) is 24.2 Å². The number of sulfonamides is 1. The first-order valence-corrected chi connectivity index (χ1v) is 10.4. The summed E-state index contributed by atoms with van der Waals surface area (Å²) in [6, 6.07) is 16.1. The molecule has 3 aromatic carbocycles. The van der Waals surface area contributed by atoms with Crippen molar-refractivity contribution in [2.75, 3.05) is 11.3 Å². The highest BCUT2D eigenvalue weighted by atomic mass is 32.2. The zero-order valence-corrected chi connectivity index (χ0v) is 16.2. The number of carbonyl (C=O) groups is 1. The summed E-state index contributed by atoms with van der Waals surface area (Å²) in [4.78, 5) is 12.7. The van der Waals surface area contributed by atoms with Crippen LogP contribution in [0.1, 0.15) is 16.7 Å². The van der Waals surface area contributed by atoms with Gasteiger partial charge >= 0.3 is 6.09 Å². The van der Waals surface area contributed by atoms with Crippen LogP contribution < -0.4 is 4.72 Å². The molecule has 0 fully saturated rings. The average molecular weight is 396 g/mol. The Morgan fingerprint density at radius 1 is 1.04 bits per heavy atom. The minimum absolute atomic E-state index is 0.239. The first-order valence-electron chi connectivity index (χ1n) is 8.96. The number of anilines is 1. The van der Waals surface area contributed by atoms with Gasteiger partial charge in [0.1, 0.15) is 0 Å². The second-order valence-electron chi connectivity index (χ2n) is 6.97. The fourth-order valence-electron chi connectivity index (χ4n) is 3.65. The van der Waals surface area contributed by atoms with Crippen molar-refractivity contribution < 1.29 is 18.3 Å². The van der Waals surface area contributed by atoms with E-state index in [1.54, 1.807) is 24.3 Å². The molecule has 0 atom stereocenters. The van der Waals surface area contributed by atoms with E-state index in [1.165, 1.54) is 4.90 Å². The van der Waals surface area contributed by atoms with Crippen molar-refractivity contribution in [3.8, 4) is 0 Å². The van der Waals surface area contributed by atoms with E-state index in [1.807, 2.05) is 37.3 Å². The van der Waals surface area contributed by atoms with Crippen LogP contribution in [0.15, 0.2) is 59.5 Å². The lowest BCUT2D eigenvalue weighted by Gasteiger charge is -2.26. The lowest BCUT2D eigenvalue weighted by Crippen LogP contribution is -2.34. The number of rotatable bonds is 3. The molecular weight excluding hydrogens is 376 g/mol. The lowest BCUT2D eigenvalue weighted by atomic mass is 9.99. The molecule has 4 rings (SSSR count). The molecule has 1 amide bonds. The first kappa shape index (κ1) is 18.3. The minimum Gasteiger partial charge on any atom is -0.465 e. The second kappa shape index (κ2) is 6.83. The monoisotopic (exact) mass is 396 g/mol. The predicted molar refractivity (Wildman–Crippen MR) is 108 cm³/mol. The van der Waals surface area contributed by atoms with Crippen molar-refractivity contribution in [1.29, 1.82) is 0 Å². The molecular formula is C21H20N2O4S. The van der Waals surface area contributed by atoms with Gasteiger partial charge in [0.25, 0.3) is 10.0 Å². The Morgan fingerprint density at radius 2 is 1.79 bits per heavy atom. The van der Waals surface area contributed by atoms with Gasteiger partial charge in [0.15, 0.2) is 0 Å². The molecule has 6 nitrogen and oxygen atoms in total. The zero-order valence-electron chi connectivity index (χ0n) is 15.3. The van der Waals surface area contributed by atoms with Crippen molar-refractivity contribution in [3.63, 3.8) is 0 Å². The zero-order chi connectivity index (χ0) is 19.9. The number of fused-ring (bicyclic) bond motifs is 2. The van der Waals surface area contributed by atoms with Crippen molar-refractivity contribution in [3.05, 3.63) is 71.3 Å². The molecule has 1 aliphatic rings. The fraction of sp³-hybridized carbons (Fsp3) is 0.190. The van der Waals surface area contributed by atoms with Gasteiger partial charge in [-0.2, -0.15) is 0 Å². The van der Waals surface area contributed by atoms with Crippen LogP contribution in [0.25, 0.3) is 10.8 Å². The van der Waals surface area contributed by atoms with Gasteiger partial charge in [-0.3, -0.25) is 4.72 Å². The van der Waals surface area contributed by atoms with E-state index in [9.17, 15) is 13.2 Å². The molecule has 0 radical (unpaired) electrons. The van der Waals surface area contributed by atoms with Crippen molar-refractivity contribution >= 4 is 32.6 Å². The van der Waals surface area contributed by atoms with Crippen LogP contribution in [0.2, 0.25) is 0 Å². The Labute approximate surface area is 163 Å². The maximum Gasteiger partial charge on any atom is 0.407 e. The van der Waals surface area contributed by atoms with Crippen LogP contribution in [-0.2, 0) is 23.0 Å². The van der Waals surface area contributed by atoms with Crippen LogP contribution in [0.5, 0.6) is 0 Å². The molecule has 0 saturated heterocycles. The third-order valence-electron chi connectivity index (χ3n) is 5.13. The van der Waals surface area contributed by atoms with Crippen molar-refractivity contribution in [2.24, 2.45) is 0 Å². The summed E-state index contributed by atoms with van der Waals surface area (Å²) < 4.78 is 28.8. The van der Waals surface area contributed by atoms with Gasteiger partial charge in [-0.05, 0) is 53.6 Å². The number of benzene rings is 3. The van der Waals surface area contributed by atoms with E-state index in [0.717, 1.165) is 22.1 Å². The van der Waals surface area contributed by atoms with Crippen molar-refractivity contribution in [2.45, 2.75) is 24.8 Å². The molecule has 144 valence electrons. The molecule has 28 heavy (non-hydrogen) atoms. The molecule has 0 aliphatic carbocycles. The predicted octanol–water partition coefficient (Wildman–Crippen LogP) is 3.99. The average Bonchev–Trinajstić information content (AvgIpc) is 2.67. The van der Waals surface area contributed by atoms with Gasteiger partial charge in [-0.25, -0.2) is 13.2 Å². The Balaban J connectivity index is 1.67. The number of carboxylic acid groups (broad SMARTS) is 1. The van der Waals surface area contributed by atoms with Crippen LogP contribution in [0.3, 0.4) is 0 Å². The lowest BCUT2D eigenvalue weighted by molar-refractivity contribution is 0.140. The summed E-state index contributed by atoms with van der Waals surface area (Å²) >= 11 is 0. The highest BCUT2D eigenvalue weighted by Crippen LogP contribution is 2.29. The largest absolute Gasteiger partial charge is 0.465 e. The third kappa shape index (κ3) is 3.29. The molecule has 1 aliphatic heterocycles. The van der Waals surface area contributed by atoms with Crippen LogP contribution in [0, 0.1) is 6.92 Å². The summed E-state index contributed by atoms with van der Waals surface area (Å²) in [6.45, 7) is 2.68. The van der Waals surface area contributed by atoms with Crippen LogP contribution in [-0.4, -0.2) is 31.1 Å². The molecule has 3 aromatic rings. The van der Waals surface area contributed by atoms with E-state index >= 15 is 0 Å². The highest BCUT2D eigenvalue weighted by molar-refractivity contribution is 7.93. The van der Waals surface area contributed by atoms with Crippen LogP contribution in [0.4, 0.5) is 10.5 Å². The number of amides is 1. The van der Waals surface area contributed by atoms with E-state index < -0.39 is 16.1 Å². The summed E-state index contributed by atoms with van der Waals surface area (Å²) in [5.74, 6) is 0. The summed E-state index contributed by atoms with van der Waals surface area (Å²) in [7, 11) is -3.76. The van der Waals surface area contributed by atoms with Gasteiger partial charge < -0.3 is 10.0 Å².